The number of nitrogens with zero attached hydrogens (tertiary/aromatic N) is 1. The minimum absolute atomic E-state index is 0.755. The molecule has 0 heterocycles. The van der Waals surface area contributed by atoms with Gasteiger partial charge in [0.15, 0.2) is 0 Å². The van der Waals surface area contributed by atoms with Gasteiger partial charge in [0.2, 0.25) is 0 Å². The van der Waals surface area contributed by atoms with E-state index >= 15 is 0 Å². The predicted molar refractivity (Wildman–Crippen MR) is 64.2 cm³/mol. The van der Waals surface area contributed by atoms with Crippen molar-refractivity contribution in [3.05, 3.63) is 60.3 Å². The Labute approximate surface area is 87.7 Å². The maximum absolute atomic E-state index is 3.83. The first kappa shape index (κ1) is 11.8. The highest BCUT2D eigenvalue weighted by Crippen LogP contribution is 2.08. The van der Waals surface area contributed by atoms with E-state index in [0.29, 0.717) is 0 Å². The SMILES string of the molecule is C=CN=CC(=C)C(=C)/C=C\C(=C)Br. The van der Waals surface area contributed by atoms with Crippen LogP contribution in [0.2, 0.25) is 0 Å². The third-order valence-electron chi connectivity index (χ3n) is 1.21. The van der Waals surface area contributed by atoms with E-state index in [9.17, 15) is 0 Å². The van der Waals surface area contributed by atoms with Gasteiger partial charge in [0, 0.05) is 16.9 Å². The molecule has 0 saturated carbocycles. The second-order valence-electron chi connectivity index (χ2n) is 2.29. The summed E-state index contributed by atoms with van der Waals surface area (Å²) < 4.78 is 0.794. The Kier molecular flexibility index (Phi) is 5.81. The van der Waals surface area contributed by atoms with Crippen LogP contribution in [-0.2, 0) is 0 Å². The molecule has 0 N–H and O–H groups in total. The maximum atomic E-state index is 3.83. The Hall–Kier alpha value is -1.15. The molecule has 0 bridgehead atoms. The van der Waals surface area contributed by atoms with Gasteiger partial charge in [-0.2, -0.15) is 0 Å². The van der Waals surface area contributed by atoms with E-state index in [-0.39, 0.29) is 0 Å². The van der Waals surface area contributed by atoms with Crippen molar-refractivity contribution >= 4 is 22.1 Å². The number of halogens is 1. The van der Waals surface area contributed by atoms with Gasteiger partial charge < -0.3 is 0 Å². The van der Waals surface area contributed by atoms with Gasteiger partial charge >= 0.3 is 0 Å². The molecule has 13 heavy (non-hydrogen) atoms. The summed E-state index contributed by atoms with van der Waals surface area (Å²) >= 11 is 3.20. The molecule has 0 spiro atoms. The summed E-state index contributed by atoms with van der Waals surface area (Å²) in [5, 5.41) is 0. The molecule has 0 rings (SSSR count). The highest BCUT2D eigenvalue weighted by Gasteiger charge is 1.90. The lowest BCUT2D eigenvalue weighted by molar-refractivity contribution is 1.58. The largest absolute Gasteiger partial charge is 0.265 e. The average molecular weight is 238 g/mol. The molecule has 1 nitrogen and oxygen atoms in total. The van der Waals surface area contributed by atoms with Crippen LogP contribution in [0.1, 0.15) is 0 Å². The van der Waals surface area contributed by atoms with E-state index in [1.54, 1.807) is 12.3 Å². The smallest absolute Gasteiger partial charge is 0.0339 e. The van der Waals surface area contributed by atoms with Crippen molar-refractivity contribution in [2.75, 3.05) is 0 Å². The third kappa shape index (κ3) is 6.05. The number of allylic oxidation sites excluding steroid dienone is 5. The Morgan fingerprint density at radius 1 is 1.08 bits per heavy atom. The van der Waals surface area contributed by atoms with Crippen molar-refractivity contribution in [3.63, 3.8) is 0 Å². The molecule has 0 aliphatic rings. The van der Waals surface area contributed by atoms with Crippen molar-refractivity contribution in [2.45, 2.75) is 0 Å². The fourth-order valence-electron chi connectivity index (χ4n) is 0.524. The summed E-state index contributed by atoms with van der Waals surface area (Å²) in [7, 11) is 0. The molecule has 0 aromatic rings. The van der Waals surface area contributed by atoms with Crippen LogP contribution >= 0.6 is 15.9 Å². The van der Waals surface area contributed by atoms with Crippen LogP contribution in [0.25, 0.3) is 0 Å². The highest BCUT2D eigenvalue weighted by atomic mass is 79.9. The lowest BCUT2D eigenvalue weighted by Crippen LogP contribution is -1.83. The number of rotatable bonds is 5. The summed E-state index contributed by atoms with van der Waals surface area (Å²) in [6, 6.07) is 0. The zero-order valence-corrected chi connectivity index (χ0v) is 9.05. The molecule has 0 amide bonds. The molecule has 0 fully saturated rings. The molecule has 0 atom stereocenters. The Morgan fingerprint density at radius 3 is 2.15 bits per heavy atom. The predicted octanol–water partition coefficient (Wildman–Crippen LogP) is 3.78. The number of hydrogen-bond donors (Lipinski definition) is 0. The van der Waals surface area contributed by atoms with Crippen LogP contribution in [-0.4, -0.2) is 6.21 Å². The molecule has 0 aliphatic heterocycles. The van der Waals surface area contributed by atoms with Gasteiger partial charge in [-0.3, -0.25) is 4.99 Å². The first-order chi connectivity index (χ1) is 6.07. The van der Waals surface area contributed by atoms with E-state index in [1.165, 1.54) is 6.20 Å². The second-order valence-corrected chi connectivity index (χ2v) is 3.31. The van der Waals surface area contributed by atoms with E-state index in [0.717, 1.165) is 15.6 Å². The normalized spacial score (nSPS) is 10.5. The molecular weight excluding hydrogens is 226 g/mol. The third-order valence-corrected chi connectivity index (χ3v) is 1.48. The molecule has 0 saturated heterocycles. The zero-order valence-electron chi connectivity index (χ0n) is 7.46. The van der Waals surface area contributed by atoms with Gasteiger partial charge in [0.1, 0.15) is 0 Å². The lowest BCUT2D eigenvalue weighted by Gasteiger charge is -1.96. The van der Waals surface area contributed by atoms with Crippen LogP contribution in [0.5, 0.6) is 0 Å². The maximum Gasteiger partial charge on any atom is 0.0339 e. The van der Waals surface area contributed by atoms with Crippen molar-refractivity contribution in [2.24, 2.45) is 4.99 Å². The summed E-state index contributed by atoms with van der Waals surface area (Å²) in [4.78, 5) is 3.83. The van der Waals surface area contributed by atoms with Gasteiger partial charge in [0.05, 0.1) is 0 Å². The topological polar surface area (TPSA) is 12.4 Å². The molecule has 0 aromatic carbocycles. The molecule has 0 aliphatic carbocycles. The summed E-state index contributed by atoms with van der Waals surface area (Å²) in [5.41, 5.74) is 1.55. The zero-order chi connectivity index (χ0) is 10.3. The number of aliphatic imine (C=N–C) groups is 1. The second kappa shape index (κ2) is 6.38. The first-order valence-electron chi connectivity index (χ1n) is 3.62. The minimum atomic E-state index is 0.755. The quantitative estimate of drug-likeness (QED) is 0.510. The molecule has 0 radical (unpaired) electrons. The monoisotopic (exact) mass is 237 g/mol. The van der Waals surface area contributed by atoms with Crippen LogP contribution < -0.4 is 0 Å². The van der Waals surface area contributed by atoms with E-state index in [4.69, 9.17) is 0 Å². The highest BCUT2D eigenvalue weighted by molar-refractivity contribution is 9.11. The minimum Gasteiger partial charge on any atom is -0.265 e. The summed E-state index contributed by atoms with van der Waals surface area (Å²) in [6.45, 7) is 14.7. The van der Waals surface area contributed by atoms with Crippen LogP contribution in [0, 0.1) is 0 Å². The summed E-state index contributed by atoms with van der Waals surface area (Å²) in [5.74, 6) is 0. The molecule has 0 unspecified atom stereocenters. The van der Waals surface area contributed by atoms with Gasteiger partial charge in [-0.15, -0.1) is 0 Å². The van der Waals surface area contributed by atoms with Crippen molar-refractivity contribution < 1.29 is 0 Å². The van der Waals surface area contributed by atoms with Gasteiger partial charge in [0.25, 0.3) is 0 Å². The van der Waals surface area contributed by atoms with Gasteiger partial charge in [-0.25, -0.2) is 0 Å². The number of hydrogen-bond acceptors (Lipinski definition) is 1. The average Bonchev–Trinajstić information content (AvgIpc) is 2.10. The van der Waals surface area contributed by atoms with Gasteiger partial charge in [-0.1, -0.05) is 48.3 Å². The Balaban J connectivity index is 4.28. The van der Waals surface area contributed by atoms with Crippen molar-refractivity contribution in [1.29, 1.82) is 0 Å². The molecular formula is C11H12BrN. The first-order valence-corrected chi connectivity index (χ1v) is 4.42. The Morgan fingerprint density at radius 2 is 1.69 bits per heavy atom. The van der Waals surface area contributed by atoms with E-state index < -0.39 is 0 Å². The van der Waals surface area contributed by atoms with Crippen LogP contribution in [0.4, 0.5) is 0 Å². The van der Waals surface area contributed by atoms with Crippen LogP contribution in [0.3, 0.4) is 0 Å². The van der Waals surface area contributed by atoms with Crippen molar-refractivity contribution in [1.82, 2.24) is 0 Å². The lowest BCUT2D eigenvalue weighted by atomic mass is 10.1. The van der Waals surface area contributed by atoms with E-state index in [1.807, 2.05) is 6.08 Å². The van der Waals surface area contributed by atoms with E-state index in [2.05, 4.69) is 47.2 Å². The molecule has 68 valence electrons. The fourth-order valence-corrected chi connectivity index (χ4v) is 0.656. The van der Waals surface area contributed by atoms with Crippen molar-refractivity contribution in [3.8, 4) is 0 Å². The fraction of sp³-hybridized carbons (Fsp3) is 0. The van der Waals surface area contributed by atoms with Crippen LogP contribution in [0.15, 0.2) is 65.3 Å². The molecule has 2 heteroatoms. The standard InChI is InChI=1S/C11H12BrN/c1-5-13-8-10(3)9(2)6-7-11(4)12/h5-8H,1-4H2/b7-6-,13-8?. The molecule has 0 aromatic heterocycles. The summed E-state index contributed by atoms with van der Waals surface area (Å²) in [6.07, 6.45) is 6.67. The Bertz CT molecular complexity index is 295. The van der Waals surface area contributed by atoms with Gasteiger partial charge in [-0.05, 0) is 17.2 Å².